The van der Waals surface area contributed by atoms with Crippen molar-refractivity contribution in [3.63, 3.8) is 0 Å². The predicted octanol–water partition coefficient (Wildman–Crippen LogP) is 2.37. The summed E-state index contributed by atoms with van der Waals surface area (Å²) < 4.78 is 6.12. The molecule has 0 spiro atoms. The maximum absolute atomic E-state index is 10.6. The SMILES string of the molecule is COc1ccc(C(C)NCCCC(N)=O)cc1Br. The Balaban J connectivity index is 2.48. The second-order valence-electron chi connectivity index (χ2n) is 4.14. The van der Waals surface area contributed by atoms with E-state index < -0.39 is 0 Å². The highest BCUT2D eigenvalue weighted by molar-refractivity contribution is 9.10. The quantitative estimate of drug-likeness (QED) is 0.759. The summed E-state index contributed by atoms with van der Waals surface area (Å²) in [5.41, 5.74) is 6.25. The fourth-order valence-electron chi connectivity index (χ4n) is 1.65. The van der Waals surface area contributed by atoms with E-state index in [1.165, 1.54) is 5.56 Å². The first-order chi connectivity index (χ1) is 8.54. The lowest BCUT2D eigenvalue weighted by atomic mass is 10.1. The summed E-state index contributed by atoms with van der Waals surface area (Å²) >= 11 is 3.46. The number of benzene rings is 1. The van der Waals surface area contributed by atoms with E-state index in [4.69, 9.17) is 10.5 Å². The van der Waals surface area contributed by atoms with Gasteiger partial charge in [-0.3, -0.25) is 4.79 Å². The van der Waals surface area contributed by atoms with Crippen LogP contribution in [0.3, 0.4) is 0 Å². The van der Waals surface area contributed by atoms with Gasteiger partial charge in [-0.25, -0.2) is 0 Å². The molecule has 1 rings (SSSR count). The molecule has 0 saturated heterocycles. The molecule has 0 heterocycles. The Labute approximate surface area is 116 Å². The van der Waals surface area contributed by atoms with E-state index in [2.05, 4.69) is 28.2 Å². The molecular formula is C13H19BrN2O2. The summed E-state index contributed by atoms with van der Waals surface area (Å²) in [6, 6.07) is 6.21. The molecule has 0 bridgehead atoms. The van der Waals surface area contributed by atoms with Crippen LogP contribution in [0.4, 0.5) is 0 Å². The number of ether oxygens (including phenoxy) is 1. The summed E-state index contributed by atoms with van der Waals surface area (Å²) in [6.07, 6.45) is 1.18. The second-order valence-corrected chi connectivity index (χ2v) is 4.99. The number of carbonyl (C=O) groups is 1. The highest BCUT2D eigenvalue weighted by atomic mass is 79.9. The van der Waals surface area contributed by atoms with Crippen LogP contribution in [-0.2, 0) is 4.79 Å². The van der Waals surface area contributed by atoms with Gasteiger partial charge < -0.3 is 15.8 Å². The molecule has 1 atom stereocenters. The molecular weight excluding hydrogens is 296 g/mol. The third-order valence-electron chi connectivity index (χ3n) is 2.73. The highest BCUT2D eigenvalue weighted by Crippen LogP contribution is 2.27. The van der Waals surface area contributed by atoms with Gasteiger partial charge in [0.05, 0.1) is 11.6 Å². The molecule has 18 heavy (non-hydrogen) atoms. The Kier molecular flexibility index (Phi) is 6.15. The van der Waals surface area contributed by atoms with Gasteiger partial charge in [0.1, 0.15) is 5.75 Å². The summed E-state index contributed by atoms with van der Waals surface area (Å²) in [5, 5.41) is 3.35. The minimum Gasteiger partial charge on any atom is -0.496 e. The van der Waals surface area contributed by atoms with Gasteiger partial charge in [-0.1, -0.05) is 6.07 Å². The number of hydrogen-bond donors (Lipinski definition) is 2. The molecule has 1 aromatic rings. The minimum atomic E-state index is -0.253. The molecule has 4 nitrogen and oxygen atoms in total. The standard InChI is InChI=1S/C13H19BrN2O2/c1-9(16-7-3-4-13(15)17)10-5-6-12(18-2)11(14)8-10/h5-6,8-9,16H,3-4,7H2,1-2H3,(H2,15,17). The van der Waals surface area contributed by atoms with E-state index in [1.54, 1.807) is 7.11 Å². The summed E-state index contributed by atoms with van der Waals surface area (Å²) in [5.74, 6) is 0.566. The summed E-state index contributed by atoms with van der Waals surface area (Å²) in [6.45, 7) is 2.85. The minimum absolute atomic E-state index is 0.222. The number of rotatable bonds is 7. The average molecular weight is 315 g/mol. The van der Waals surface area contributed by atoms with Crippen LogP contribution < -0.4 is 15.8 Å². The smallest absolute Gasteiger partial charge is 0.217 e. The lowest BCUT2D eigenvalue weighted by Crippen LogP contribution is -2.21. The monoisotopic (exact) mass is 314 g/mol. The largest absolute Gasteiger partial charge is 0.496 e. The normalized spacial score (nSPS) is 12.2. The van der Waals surface area contributed by atoms with Gasteiger partial charge in [0.15, 0.2) is 0 Å². The van der Waals surface area contributed by atoms with Crippen LogP contribution in [0.15, 0.2) is 22.7 Å². The van der Waals surface area contributed by atoms with Crippen molar-refractivity contribution in [3.05, 3.63) is 28.2 Å². The van der Waals surface area contributed by atoms with Crippen LogP contribution in [-0.4, -0.2) is 19.6 Å². The van der Waals surface area contributed by atoms with Gasteiger partial charge in [0.2, 0.25) is 5.91 Å². The van der Waals surface area contributed by atoms with Crippen LogP contribution >= 0.6 is 15.9 Å². The first kappa shape index (κ1) is 15.0. The van der Waals surface area contributed by atoms with Crippen molar-refractivity contribution >= 4 is 21.8 Å². The zero-order valence-electron chi connectivity index (χ0n) is 10.7. The van der Waals surface area contributed by atoms with Crippen molar-refractivity contribution < 1.29 is 9.53 Å². The van der Waals surface area contributed by atoms with Crippen molar-refractivity contribution in [3.8, 4) is 5.75 Å². The van der Waals surface area contributed by atoms with Crippen molar-refractivity contribution in [2.24, 2.45) is 5.73 Å². The summed E-state index contributed by atoms with van der Waals surface area (Å²) in [7, 11) is 1.64. The van der Waals surface area contributed by atoms with Gasteiger partial charge in [0, 0.05) is 12.5 Å². The molecule has 0 aliphatic rings. The van der Waals surface area contributed by atoms with Gasteiger partial charge in [0.25, 0.3) is 0 Å². The molecule has 3 N–H and O–H groups in total. The van der Waals surface area contributed by atoms with E-state index in [0.29, 0.717) is 6.42 Å². The van der Waals surface area contributed by atoms with Crippen LogP contribution in [0, 0.1) is 0 Å². The molecule has 0 aromatic heterocycles. The molecule has 1 unspecified atom stereocenters. The topological polar surface area (TPSA) is 64.3 Å². The number of carbonyl (C=O) groups excluding carboxylic acids is 1. The first-order valence-electron chi connectivity index (χ1n) is 5.89. The fraction of sp³-hybridized carbons (Fsp3) is 0.462. The van der Waals surface area contributed by atoms with E-state index in [1.807, 2.05) is 18.2 Å². The fourth-order valence-corrected chi connectivity index (χ4v) is 2.21. The van der Waals surface area contributed by atoms with Gasteiger partial charge in [-0.05, 0) is 53.5 Å². The Hall–Kier alpha value is -1.07. The number of nitrogens with one attached hydrogen (secondary N) is 1. The zero-order valence-corrected chi connectivity index (χ0v) is 12.3. The molecule has 0 fully saturated rings. The van der Waals surface area contributed by atoms with Gasteiger partial charge >= 0.3 is 0 Å². The van der Waals surface area contributed by atoms with Gasteiger partial charge in [-0.15, -0.1) is 0 Å². The molecule has 0 aliphatic heterocycles. The Morgan fingerprint density at radius 2 is 2.28 bits per heavy atom. The maximum Gasteiger partial charge on any atom is 0.217 e. The lowest BCUT2D eigenvalue weighted by molar-refractivity contribution is -0.118. The third kappa shape index (κ3) is 4.66. The van der Waals surface area contributed by atoms with Crippen molar-refractivity contribution in [1.82, 2.24) is 5.32 Å². The molecule has 0 radical (unpaired) electrons. The number of nitrogens with two attached hydrogens (primary N) is 1. The van der Waals surface area contributed by atoms with E-state index in [0.717, 1.165) is 23.2 Å². The van der Waals surface area contributed by atoms with Crippen LogP contribution in [0.25, 0.3) is 0 Å². The average Bonchev–Trinajstić information content (AvgIpc) is 2.34. The van der Waals surface area contributed by atoms with E-state index in [-0.39, 0.29) is 11.9 Å². The molecule has 100 valence electrons. The van der Waals surface area contributed by atoms with Crippen LogP contribution in [0.5, 0.6) is 5.75 Å². The predicted molar refractivity (Wildman–Crippen MR) is 75.5 cm³/mol. The maximum atomic E-state index is 10.6. The van der Waals surface area contributed by atoms with Crippen molar-refractivity contribution in [1.29, 1.82) is 0 Å². The Morgan fingerprint density at radius 3 is 2.83 bits per heavy atom. The highest BCUT2D eigenvalue weighted by Gasteiger charge is 2.07. The number of amides is 1. The van der Waals surface area contributed by atoms with Crippen molar-refractivity contribution in [2.75, 3.05) is 13.7 Å². The molecule has 0 aliphatic carbocycles. The number of primary amides is 1. The Bertz CT molecular complexity index is 410. The molecule has 1 amide bonds. The molecule has 1 aromatic carbocycles. The summed E-state index contributed by atoms with van der Waals surface area (Å²) in [4.78, 5) is 10.6. The third-order valence-corrected chi connectivity index (χ3v) is 3.35. The number of halogens is 1. The molecule has 5 heteroatoms. The van der Waals surface area contributed by atoms with E-state index >= 15 is 0 Å². The van der Waals surface area contributed by atoms with Crippen LogP contribution in [0.1, 0.15) is 31.4 Å². The lowest BCUT2D eigenvalue weighted by Gasteiger charge is -2.15. The molecule has 0 saturated carbocycles. The van der Waals surface area contributed by atoms with Crippen LogP contribution in [0.2, 0.25) is 0 Å². The zero-order chi connectivity index (χ0) is 13.5. The van der Waals surface area contributed by atoms with Gasteiger partial charge in [-0.2, -0.15) is 0 Å². The Morgan fingerprint density at radius 1 is 1.56 bits per heavy atom. The first-order valence-corrected chi connectivity index (χ1v) is 6.69. The number of hydrogen-bond acceptors (Lipinski definition) is 3. The van der Waals surface area contributed by atoms with Crippen molar-refractivity contribution in [2.45, 2.75) is 25.8 Å². The second kappa shape index (κ2) is 7.38. The number of methoxy groups -OCH3 is 1. The van der Waals surface area contributed by atoms with E-state index in [9.17, 15) is 4.79 Å².